The number of amides is 1. The average molecular weight is 482 g/mol. The highest BCUT2D eigenvalue weighted by Gasteiger charge is 2.42. The quantitative estimate of drug-likeness (QED) is 0.555. The molecule has 3 aromatic rings. The van der Waals surface area contributed by atoms with Crippen LogP contribution in [-0.4, -0.2) is 38.7 Å². The molecule has 5 rings (SSSR count). The standard InChI is InChI=1S/C27H26F3N3O2/c1-35-22-9-5-6-20(16-22)31-26(34)23-15-18-14-19(27(28,29)30)10-11-24(18)33-13-12-32(17-25(23)33)21-7-3-2-4-8-21/h2-11,14,16,23,25H,12-13,15,17H2,1H3,(H,31,34)/t23-,25-/m0/s1. The Kier molecular flexibility index (Phi) is 6.05. The molecule has 2 aliphatic heterocycles. The Balaban J connectivity index is 1.48. The van der Waals surface area contributed by atoms with Crippen LogP contribution in [0.4, 0.5) is 30.2 Å². The highest BCUT2D eigenvalue weighted by Crippen LogP contribution is 2.40. The highest BCUT2D eigenvalue weighted by molar-refractivity contribution is 5.94. The van der Waals surface area contributed by atoms with Crippen molar-refractivity contribution in [3.63, 3.8) is 0 Å². The first-order valence-corrected chi connectivity index (χ1v) is 11.5. The molecule has 1 saturated heterocycles. The molecule has 0 radical (unpaired) electrons. The number of benzene rings is 3. The van der Waals surface area contributed by atoms with Gasteiger partial charge in [-0.15, -0.1) is 0 Å². The summed E-state index contributed by atoms with van der Waals surface area (Å²) in [6.07, 6.45) is -4.20. The molecule has 182 valence electrons. The average Bonchev–Trinajstić information content (AvgIpc) is 2.87. The van der Waals surface area contributed by atoms with E-state index in [9.17, 15) is 18.0 Å². The molecule has 2 aliphatic rings. The zero-order valence-electron chi connectivity index (χ0n) is 19.3. The maximum atomic E-state index is 13.5. The van der Waals surface area contributed by atoms with Gasteiger partial charge in [0.1, 0.15) is 5.75 Å². The minimum absolute atomic E-state index is 0.182. The predicted molar refractivity (Wildman–Crippen MR) is 130 cm³/mol. The van der Waals surface area contributed by atoms with Crippen molar-refractivity contribution >= 4 is 23.0 Å². The number of anilines is 3. The summed E-state index contributed by atoms with van der Waals surface area (Å²) in [5.74, 6) is -0.129. The molecule has 5 nitrogen and oxygen atoms in total. The zero-order valence-corrected chi connectivity index (χ0v) is 19.3. The first kappa shape index (κ1) is 23.1. The number of carbonyl (C=O) groups is 1. The van der Waals surface area contributed by atoms with Crippen LogP contribution in [0.25, 0.3) is 0 Å². The van der Waals surface area contributed by atoms with E-state index in [1.807, 2.05) is 30.3 Å². The smallest absolute Gasteiger partial charge is 0.416 e. The maximum absolute atomic E-state index is 13.5. The fraction of sp³-hybridized carbons (Fsp3) is 0.296. The van der Waals surface area contributed by atoms with Gasteiger partial charge in [0.15, 0.2) is 0 Å². The van der Waals surface area contributed by atoms with Gasteiger partial charge in [-0.3, -0.25) is 4.79 Å². The van der Waals surface area contributed by atoms with Gasteiger partial charge in [-0.1, -0.05) is 24.3 Å². The molecule has 0 spiro atoms. The van der Waals surface area contributed by atoms with Crippen LogP contribution in [0.5, 0.6) is 5.75 Å². The number of piperazine rings is 1. The van der Waals surface area contributed by atoms with Gasteiger partial charge in [0.2, 0.25) is 5.91 Å². The lowest BCUT2D eigenvalue weighted by Gasteiger charge is -2.49. The van der Waals surface area contributed by atoms with Gasteiger partial charge in [-0.2, -0.15) is 13.2 Å². The van der Waals surface area contributed by atoms with Crippen LogP contribution in [-0.2, 0) is 17.4 Å². The molecule has 2 atom stereocenters. The van der Waals surface area contributed by atoms with Crippen LogP contribution in [0.15, 0.2) is 72.8 Å². The van der Waals surface area contributed by atoms with Gasteiger partial charge in [-0.25, -0.2) is 0 Å². The highest BCUT2D eigenvalue weighted by atomic mass is 19.4. The van der Waals surface area contributed by atoms with Crippen LogP contribution in [0.2, 0.25) is 0 Å². The van der Waals surface area contributed by atoms with E-state index in [4.69, 9.17) is 4.74 Å². The number of nitrogens with one attached hydrogen (secondary N) is 1. The number of methoxy groups -OCH3 is 1. The Labute approximate surface area is 202 Å². The molecule has 2 heterocycles. The number of hydrogen-bond donors (Lipinski definition) is 1. The monoisotopic (exact) mass is 481 g/mol. The lowest BCUT2D eigenvalue weighted by atomic mass is 9.82. The second-order valence-corrected chi connectivity index (χ2v) is 8.92. The van der Waals surface area contributed by atoms with Crippen LogP contribution >= 0.6 is 0 Å². The van der Waals surface area contributed by atoms with Gasteiger partial charge in [0.05, 0.1) is 24.6 Å². The third-order valence-electron chi connectivity index (χ3n) is 6.83. The Morgan fingerprint density at radius 3 is 2.54 bits per heavy atom. The van der Waals surface area contributed by atoms with E-state index in [0.29, 0.717) is 36.6 Å². The van der Waals surface area contributed by atoms with Crippen molar-refractivity contribution in [2.45, 2.75) is 18.6 Å². The summed E-state index contributed by atoms with van der Waals surface area (Å²) < 4.78 is 45.5. The van der Waals surface area contributed by atoms with Crippen molar-refractivity contribution in [2.75, 3.05) is 41.9 Å². The first-order valence-electron chi connectivity index (χ1n) is 11.5. The molecule has 35 heavy (non-hydrogen) atoms. The predicted octanol–water partition coefficient (Wildman–Crippen LogP) is 5.22. The summed E-state index contributed by atoms with van der Waals surface area (Å²) in [7, 11) is 1.55. The zero-order chi connectivity index (χ0) is 24.6. The third kappa shape index (κ3) is 4.65. The summed E-state index contributed by atoms with van der Waals surface area (Å²) >= 11 is 0. The molecular formula is C27H26F3N3O2. The number of ether oxygens (including phenoxy) is 1. The number of carbonyl (C=O) groups excluding carboxylic acids is 1. The fourth-order valence-corrected chi connectivity index (χ4v) is 5.11. The van der Waals surface area contributed by atoms with Gasteiger partial charge in [-0.05, 0) is 54.4 Å². The molecule has 3 aromatic carbocycles. The Morgan fingerprint density at radius 2 is 1.80 bits per heavy atom. The molecule has 0 aliphatic carbocycles. The van der Waals surface area contributed by atoms with Gasteiger partial charge in [0, 0.05) is 42.8 Å². The largest absolute Gasteiger partial charge is 0.497 e. The number of nitrogens with zero attached hydrogens (tertiary/aromatic N) is 2. The minimum Gasteiger partial charge on any atom is -0.497 e. The van der Waals surface area contributed by atoms with Crippen molar-refractivity contribution < 1.29 is 22.7 Å². The summed E-state index contributed by atoms with van der Waals surface area (Å²) in [4.78, 5) is 17.9. The van der Waals surface area contributed by atoms with Crippen LogP contribution in [0.1, 0.15) is 11.1 Å². The number of alkyl halides is 3. The Bertz CT molecular complexity index is 1220. The number of hydrogen-bond acceptors (Lipinski definition) is 4. The lowest BCUT2D eigenvalue weighted by Crippen LogP contribution is -2.60. The van der Waals surface area contributed by atoms with Gasteiger partial charge < -0.3 is 19.9 Å². The van der Waals surface area contributed by atoms with E-state index in [1.54, 1.807) is 37.4 Å². The van der Waals surface area contributed by atoms with Gasteiger partial charge >= 0.3 is 6.18 Å². The van der Waals surface area contributed by atoms with E-state index >= 15 is 0 Å². The molecule has 1 fully saturated rings. The van der Waals surface area contributed by atoms with E-state index in [-0.39, 0.29) is 18.4 Å². The molecule has 1 N–H and O–H groups in total. The topological polar surface area (TPSA) is 44.8 Å². The molecule has 0 bridgehead atoms. The normalized spacial score (nSPS) is 19.5. The number of para-hydroxylation sites is 1. The summed E-state index contributed by atoms with van der Waals surface area (Å²) in [6.45, 7) is 1.92. The van der Waals surface area contributed by atoms with Crippen molar-refractivity contribution in [3.8, 4) is 5.75 Å². The molecule has 0 saturated carbocycles. The third-order valence-corrected chi connectivity index (χ3v) is 6.83. The number of fused-ring (bicyclic) bond motifs is 3. The Morgan fingerprint density at radius 1 is 1.00 bits per heavy atom. The molecule has 0 aromatic heterocycles. The lowest BCUT2D eigenvalue weighted by molar-refractivity contribution is -0.137. The van der Waals surface area contributed by atoms with E-state index in [1.165, 1.54) is 6.07 Å². The number of rotatable bonds is 4. The van der Waals surface area contributed by atoms with Crippen LogP contribution in [0, 0.1) is 5.92 Å². The fourth-order valence-electron chi connectivity index (χ4n) is 5.11. The minimum atomic E-state index is -4.43. The molecule has 1 amide bonds. The summed E-state index contributed by atoms with van der Waals surface area (Å²) in [6, 6.07) is 20.7. The molecule has 0 unspecified atom stereocenters. The second-order valence-electron chi connectivity index (χ2n) is 8.92. The van der Waals surface area contributed by atoms with Crippen LogP contribution in [0.3, 0.4) is 0 Å². The van der Waals surface area contributed by atoms with Crippen molar-refractivity contribution in [3.05, 3.63) is 83.9 Å². The maximum Gasteiger partial charge on any atom is 0.416 e. The Hall–Kier alpha value is -3.68. The van der Waals surface area contributed by atoms with Crippen molar-refractivity contribution in [2.24, 2.45) is 5.92 Å². The van der Waals surface area contributed by atoms with Crippen molar-refractivity contribution in [1.82, 2.24) is 0 Å². The van der Waals surface area contributed by atoms with E-state index in [0.717, 1.165) is 17.4 Å². The first-order chi connectivity index (χ1) is 16.8. The SMILES string of the molecule is COc1cccc(NC(=O)[C@H]2Cc3cc(C(F)(F)F)ccc3N3CCN(c4ccccc4)C[C@@H]23)c1. The number of halogens is 3. The second kappa shape index (κ2) is 9.17. The molecular weight excluding hydrogens is 455 g/mol. The van der Waals surface area contributed by atoms with Crippen LogP contribution < -0.4 is 19.9 Å². The molecule has 8 heteroatoms. The summed E-state index contributed by atoms with van der Waals surface area (Å²) in [5.41, 5.74) is 2.30. The summed E-state index contributed by atoms with van der Waals surface area (Å²) in [5, 5.41) is 2.96. The van der Waals surface area contributed by atoms with E-state index in [2.05, 4.69) is 15.1 Å². The van der Waals surface area contributed by atoms with Gasteiger partial charge in [0.25, 0.3) is 0 Å². The van der Waals surface area contributed by atoms with Crippen molar-refractivity contribution in [1.29, 1.82) is 0 Å². The van der Waals surface area contributed by atoms with E-state index < -0.39 is 17.7 Å².